The summed E-state index contributed by atoms with van der Waals surface area (Å²) in [6.45, 7) is 4.28. The summed E-state index contributed by atoms with van der Waals surface area (Å²) >= 11 is 11.0. The first-order valence-corrected chi connectivity index (χ1v) is 12.0. The molecule has 0 saturated carbocycles. The maximum atomic E-state index is 5.83. The molecule has 2 unspecified atom stereocenters. The predicted molar refractivity (Wildman–Crippen MR) is 133 cm³/mol. The van der Waals surface area contributed by atoms with Gasteiger partial charge in [-0.05, 0) is 74.1 Å². The molecule has 1 aromatic carbocycles. The number of halogens is 1. The molecule has 1 saturated heterocycles. The van der Waals surface area contributed by atoms with Crippen LogP contribution in [0.2, 0.25) is 0 Å². The van der Waals surface area contributed by atoms with E-state index in [9.17, 15) is 0 Å². The van der Waals surface area contributed by atoms with Crippen molar-refractivity contribution in [3.63, 3.8) is 0 Å². The van der Waals surface area contributed by atoms with E-state index in [1.165, 1.54) is 5.56 Å². The molecule has 5 rings (SSSR count). The van der Waals surface area contributed by atoms with Crippen molar-refractivity contribution < 1.29 is 0 Å². The minimum Gasteiger partial charge on any atom is -0.351 e. The third kappa shape index (κ3) is 3.58. The molecule has 0 radical (unpaired) electrons. The highest BCUT2D eigenvalue weighted by Gasteiger charge is 2.42. The van der Waals surface area contributed by atoms with Crippen molar-refractivity contribution in [2.75, 3.05) is 4.90 Å². The first-order valence-electron chi connectivity index (χ1n) is 9.89. The highest BCUT2D eigenvalue weighted by atomic mass is 79.9. The Labute approximate surface area is 198 Å². The van der Waals surface area contributed by atoms with E-state index >= 15 is 0 Å². The van der Waals surface area contributed by atoms with Crippen LogP contribution in [0.15, 0.2) is 70.8 Å². The zero-order valence-corrected chi connectivity index (χ0v) is 20.2. The summed E-state index contributed by atoms with van der Waals surface area (Å²) in [5, 5.41) is 7.21. The van der Waals surface area contributed by atoms with E-state index < -0.39 is 0 Å². The zero-order valence-electron chi connectivity index (χ0n) is 17.0. The van der Waals surface area contributed by atoms with Gasteiger partial charge in [-0.15, -0.1) is 11.3 Å². The van der Waals surface area contributed by atoms with E-state index in [4.69, 9.17) is 12.2 Å². The van der Waals surface area contributed by atoms with E-state index in [0.717, 1.165) is 32.4 Å². The monoisotopic (exact) mass is 509 g/mol. The number of nitrogens with one attached hydrogen (secondary N) is 1. The number of anilines is 1. The molecule has 0 aliphatic carbocycles. The van der Waals surface area contributed by atoms with E-state index in [-0.39, 0.29) is 12.1 Å². The lowest BCUT2D eigenvalue weighted by atomic mass is 9.96. The van der Waals surface area contributed by atoms with E-state index in [0.29, 0.717) is 5.11 Å². The lowest BCUT2D eigenvalue weighted by Crippen LogP contribution is -2.29. The van der Waals surface area contributed by atoms with Gasteiger partial charge in [-0.2, -0.15) is 0 Å². The summed E-state index contributed by atoms with van der Waals surface area (Å²) in [4.78, 5) is 11.4. The number of hydrogen-bond donors (Lipinski definition) is 1. The number of rotatable bonds is 4. The van der Waals surface area contributed by atoms with Crippen LogP contribution in [0.25, 0.3) is 5.13 Å². The van der Waals surface area contributed by atoms with Crippen LogP contribution in [0.5, 0.6) is 0 Å². The molecule has 3 aromatic heterocycles. The fourth-order valence-corrected chi connectivity index (χ4v) is 5.62. The van der Waals surface area contributed by atoms with Gasteiger partial charge in [-0.25, -0.2) is 4.98 Å². The SMILES string of the molecule is Cc1cc(C2C(c3ccccn3)NC(=S)N2c2ccc(Br)cc2)c(C)n1-c1nccs1. The molecule has 1 N–H and O–H groups in total. The lowest BCUT2D eigenvalue weighted by molar-refractivity contribution is 0.565. The predicted octanol–water partition coefficient (Wildman–Crippen LogP) is 5.89. The molecule has 4 aromatic rings. The van der Waals surface area contributed by atoms with Gasteiger partial charge in [0.05, 0.1) is 17.8 Å². The highest BCUT2D eigenvalue weighted by molar-refractivity contribution is 9.10. The summed E-state index contributed by atoms with van der Waals surface area (Å²) in [6, 6.07) is 16.4. The van der Waals surface area contributed by atoms with E-state index in [2.05, 4.69) is 78.8 Å². The molecule has 8 heteroatoms. The molecule has 0 spiro atoms. The number of pyridine rings is 1. The Balaban J connectivity index is 1.68. The molecule has 2 atom stereocenters. The second-order valence-corrected chi connectivity index (χ2v) is 9.62. The Hall–Kier alpha value is -2.55. The first-order chi connectivity index (χ1) is 15.0. The van der Waals surface area contributed by atoms with Crippen LogP contribution in [-0.2, 0) is 0 Å². The Morgan fingerprint density at radius 1 is 1.06 bits per heavy atom. The fraction of sp³-hybridized carbons (Fsp3) is 0.174. The normalized spacial score (nSPS) is 18.4. The highest BCUT2D eigenvalue weighted by Crippen LogP contribution is 2.43. The summed E-state index contributed by atoms with van der Waals surface area (Å²) in [7, 11) is 0. The Kier molecular flexibility index (Phi) is 5.37. The quantitative estimate of drug-likeness (QED) is 0.347. The minimum absolute atomic E-state index is 0.0384. The Bertz CT molecular complexity index is 1220. The van der Waals surface area contributed by atoms with Crippen LogP contribution in [0.1, 0.15) is 34.7 Å². The summed E-state index contributed by atoms with van der Waals surface area (Å²) < 4.78 is 3.26. The number of aryl methyl sites for hydroxylation is 1. The number of aromatic nitrogens is 3. The van der Waals surface area contributed by atoms with Crippen molar-refractivity contribution in [3.8, 4) is 5.13 Å². The van der Waals surface area contributed by atoms with Crippen LogP contribution in [0.3, 0.4) is 0 Å². The van der Waals surface area contributed by atoms with Gasteiger partial charge in [-0.1, -0.05) is 22.0 Å². The fourth-order valence-electron chi connectivity index (χ4n) is 4.26. The molecule has 1 fully saturated rings. The molecule has 5 nitrogen and oxygen atoms in total. The van der Waals surface area contributed by atoms with Crippen molar-refractivity contribution in [3.05, 3.63) is 93.4 Å². The second kappa shape index (κ2) is 8.18. The van der Waals surface area contributed by atoms with Crippen molar-refractivity contribution in [2.45, 2.75) is 25.9 Å². The van der Waals surface area contributed by atoms with Crippen LogP contribution in [0, 0.1) is 13.8 Å². The molecular weight excluding hydrogens is 490 g/mol. The van der Waals surface area contributed by atoms with Gasteiger partial charge < -0.3 is 10.2 Å². The van der Waals surface area contributed by atoms with Gasteiger partial charge in [0.15, 0.2) is 10.2 Å². The lowest BCUT2D eigenvalue weighted by Gasteiger charge is -2.28. The number of hydrogen-bond acceptors (Lipinski definition) is 4. The molecule has 0 amide bonds. The molecule has 1 aliphatic rings. The van der Waals surface area contributed by atoms with Crippen molar-refractivity contribution in [2.24, 2.45) is 0 Å². The van der Waals surface area contributed by atoms with Gasteiger partial charge in [0.1, 0.15) is 0 Å². The van der Waals surface area contributed by atoms with Gasteiger partial charge >= 0.3 is 0 Å². The van der Waals surface area contributed by atoms with Gasteiger partial charge in [0.2, 0.25) is 0 Å². The summed E-state index contributed by atoms with van der Waals surface area (Å²) in [5.41, 5.74) is 5.53. The van der Waals surface area contributed by atoms with Crippen molar-refractivity contribution >= 4 is 50.3 Å². The standard InChI is InChI=1S/C23H20BrN5S2/c1-14-13-18(15(2)28(14)23-26-11-12-31-23)21-20(19-5-3-4-10-25-19)27-22(30)29(21)17-8-6-16(24)7-9-17/h3-13,20-21H,1-2H3,(H,27,30). The van der Waals surface area contributed by atoms with Crippen molar-refractivity contribution in [1.82, 2.24) is 19.9 Å². The number of thiocarbonyl (C=S) groups is 1. The van der Waals surface area contributed by atoms with Crippen LogP contribution >= 0.6 is 39.5 Å². The van der Waals surface area contributed by atoms with E-state index in [1.54, 1.807) is 11.3 Å². The number of nitrogens with zero attached hydrogens (tertiary/aromatic N) is 4. The smallest absolute Gasteiger partial charge is 0.193 e. The average molecular weight is 510 g/mol. The van der Waals surface area contributed by atoms with Crippen LogP contribution < -0.4 is 10.2 Å². The molecule has 0 bridgehead atoms. The molecule has 4 heterocycles. The maximum Gasteiger partial charge on any atom is 0.193 e. The zero-order chi connectivity index (χ0) is 21.5. The molecule has 156 valence electrons. The average Bonchev–Trinajstić information content (AvgIpc) is 3.47. The topological polar surface area (TPSA) is 46.0 Å². The number of thiazole rings is 1. The second-order valence-electron chi connectivity index (χ2n) is 7.45. The first kappa shape index (κ1) is 20.4. The van der Waals surface area contributed by atoms with Crippen LogP contribution in [-0.4, -0.2) is 19.6 Å². The minimum atomic E-state index is -0.0670. The van der Waals surface area contributed by atoms with E-state index in [1.807, 2.05) is 42.0 Å². The largest absolute Gasteiger partial charge is 0.351 e. The molecular formula is C23H20BrN5S2. The maximum absolute atomic E-state index is 5.83. The van der Waals surface area contributed by atoms with Gasteiger partial charge in [0.25, 0.3) is 0 Å². The third-order valence-electron chi connectivity index (χ3n) is 5.60. The van der Waals surface area contributed by atoms with Crippen LogP contribution in [0.4, 0.5) is 5.69 Å². The Morgan fingerprint density at radius 3 is 2.55 bits per heavy atom. The third-order valence-corrected chi connectivity index (χ3v) is 7.20. The summed E-state index contributed by atoms with van der Waals surface area (Å²) in [6.07, 6.45) is 3.67. The molecule has 31 heavy (non-hydrogen) atoms. The number of benzene rings is 1. The van der Waals surface area contributed by atoms with Gasteiger partial charge in [0, 0.05) is 39.3 Å². The van der Waals surface area contributed by atoms with Crippen molar-refractivity contribution in [1.29, 1.82) is 0 Å². The molecule has 1 aliphatic heterocycles. The van der Waals surface area contributed by atoms with Gasteiger partial charge in [-0.3, -0.25) is 9.55 Å². The Morgan fingerprint density at radius 2 is 1.87 bits per heavy atom. The summed E-state index contributed by atoms with van der Waals surface area (Å²) in [5.74, 6) is 0.